The molecule has 6 heteroatoms. The molecule has 3 amide bonds. The molecule has 2 aromatic carbocycles. The molecule has 0 unspecified atom stereocenters. The molecule has 0 fully saturated rings. The van der Waals surface area contributed by atoms with Crippen LogP contribution in [0.1, 0.15) is 10.4 Å². The molecule has 4 N–H and O–H groups in total. The Balaban J connectivity index is 1.93. The fraction of sp³-hybridized carbons (Fsp3) is 0.125. The minimum Gasteiger partial charge on any atom is -0.350 e. The van der Waals surface area contributed by atoms with Crippen molar-refractivity contribution in [3.05, 3.63) is 60.2 Å². The molecule has 0 spiro atoms. The molecule has 22 heavy (non-hydrogen) atoms. The second-order valence-electron chi connectivity index (χ2n) is 4.66. The van der Waals surface area contributed by atoms with Crippen LogP contribution in [0.15, 0.2) is 54.6 Å². The van der Waals surface area contributed by atoms with Gasteiger partial charge in [0.25, 0.3) is 5.91 Å². The first-order valence-electron chi connectivity index (χ1n) is 6.77. The summed E-state index contributed by atoms with van der Waals surface area (Å²) in [6, 6.07) is 16.1. The number of hydrogen-bond acceptors (Lipinski definition) is 3. The van der Waals surface area contributed by atoms with Crippen molar-refractivity contribution >= 4 is 11.9 Å². The van der Waals surface area contributed by atoms with E-state index in [2.05, 4.69) is 5.32 Å². The van der Waals surface area contributed by atoms with Crippen LogP contribution in [0.2, 0.25) is 0 Å². The summed E-state index contributed by atoms with van der Waals surface area (Å²) in [5.74, 6) is -0.280. The number of hydroxylamine groups is 2. The Bertz CT molecular complexity index is 641. The van der Waals surface area contributed by atoms with Gasteiger partial charge in [0.2, 0.25) is 0 Å². The van der Waals surface area contributed by atoms with Gasteiger partial charge >= 0.3 is 6.03 Å². The third kappa shape index (κ3) is 4.07. The van der Waals surface area contributed by atoms with Crippen LogP contribution < -0.4 is 11.1 Å². The number of nitrogens with one attached hydrogen (secondary N) is 1. The molecule has 0 aromatic heterocycles. The van der Waals surface area contributed by atoms with Crippen LogP contribution in [-0.2, 0) is 0 Å². The number of nitrogens with two attached hydrogens (primary N) is 1. The average molecular weight is 299 g/mol. The third-order valence-corrected chi connectivity index (χ3v) is 3.12. The smallest absolute Gasteiger partial charge is 0.338 e. The lowest BCUT2D eigenvalue weighted by Crippen LogP contribution is -2.39. The lowest BCUT2D eigenvalue weighted by Gasteiger charge is -2.12. The summed E-state index contributed by atoms with van der Waals surface area (Å²) in [6.07, 6.45) is 0. The van der Waals surface area contributed by atoms with Gasteiger partial charge in [-0.1, -0.05) is 42.5 Å². The molecule has 0 atom stereocenters. The second kappa shape index (κ2) is 7.24. The summed E-state index contributed by atoms with van der Waals surface area (Å²) in [5.41, 5.74) is 7.46. The molecule has 0 aliphatic heterocycles. The van der Waals surface area contributed by atoms with Crippen LogP contribution in [0.25, 0.3) is 11.1 Å². The fourth-order valence-corrected chi connectivity index (χ4v) is 1.93. The number of carbonyl (C=O) groups is 2. The van der Waals surface area contributed by atoms with Crippen molar-refractivity contribution in [2.24, 2.45) is 5.73 Å². The highest BCUT2D eigenvalue weighted by Crippen LogP contribution is 2.19. The number of primary amides is 1. The quantitative estimate of drug-likeness (QED) is 0.580. The predicted octanol–water partition coefficient (Wildman–Crippen LogP) is 1.85. The van der Waals surface area contributed by atoms with Crippen molar-refractivity contribution in [1.82, 2.24) is 10.4 Å². The van der Waals surface area contributed by atoms with Crippen molar-refractivity contribution in [1.29, 1.82) is 0 Å². The first kappa shape index (κ1) is 15.5. The molecule has 2 rings (SSSR count). The van der Waals surface area contributed by atoms with E-state index in [9.17, 15) is 9.59 Å². The molecule has 2 aromatic rings. The lowest BCUT2D eigenvalue weighted by molar-refractivity contribution is -0.0376. The van der Waals surface area contributed by atoms with Gasteiger partial charge in [0, 0.05) is 12.1 Å². The zero-order valence-electron chi connectivity index (χ0n) is 11.9. The minimum absolute atomic E-state index is 0.0663. The molecule has 6 nitrogen and oxygen atoms in total. The molecular formula is C16H17N3O3. The van der Waals surface area contributed by atoms with Crippen molar-refractivity contribution in [3.63, 3.8) is 0 Å². The Morgan fingerprint density at radius 2 is 1.59 bits per heavy atom. The van der Waals surface area contributed by atoms with Gasteiger partial charge in [-0.15, -0.1) is 0 Å². The Morgan fingerprint density at radius 3 is 2.18 bits per heavy atom. The first-order chi connectivity index (χ1) is 10.6. The van der Waals surface area contributed by atoms with Gasteiger partial charge in [-0.25, -0.2) is 9.86 Å². The fourth-order valence-electron chi connectivity index (χ4n) is 1.93. The van der Waals surface area contributed by atoms with E-state index in [1.54, 1.807) is 12.1 Å². The monoisotopic (exact) mass is 299 g/mol. The Kier molecular flexibility index (Phi) is 5.11. The van der Waals surface area contributed by atoms with Crippen molar-refractivity contribution in [2.45, 2.75) is 0 Å². The molecule has 0 aliphatic carbocycles. The maximum Gasteiger partial charge on any atom is 0.338 e. The van der Waals surface area contributed by atoms with Crippen LogP contribution >= 0.6 is 0 Å². The van der Waals surface area contributed by atoms with Crippen LogP contribution in [0, 0.1) is 0 Å². The molecular weight excluding hydrogens is 282 g/mol. The standard InChI is InChI=1S/C16H17N3O3/c17-16(21)19(22)11-10-18-15(20)14-8-6-13(7-9-14)12-4-2-1-3-5-12/h1-9,22H,10-11H2,(H2,17,21)(H,18,20). The van der Waals surface area contributed by atoms with Crippen LogP contribution in [0.3, 0.4) is 0 Å². The maximum absolute atomic E-state index is 11.9. The van der Waals surface area contributed by atoms with E-state index in [4.69, 9.17) is 10.9 Å². The highest BCUT2D eigenvalue weighted by Gasteiger charge is 2.08. The van der Waals surface area contributed by atoms with Crippen molar-refractivity contribution < 1.29 is 14.8 Å². The van der Waals surface area contributed by atoms with Crippen LogP contribution in [0.5, 0.6) is 0 Å². The van der Waals surface area contributed by atoms with E-state index in [0.717, 1.165) is 11.1 Å². The molecule has 114 valence electrons. The highest BCUT2D eigenvalue weighted by molar-refractivity contribution is 5.94. The summed E-state index contributed by atoms with van der Waals surface area (Å²) in [6.45, 7) is 0.0435. The topological polar surface area (TPSA) is 95.7 Å². The van der Waals surface area contributed by atoms with Crippen LogP contribution in [-0.4, -0.2) is 35.3 Å². The van der Waals surface area contributed by atoms with E-state index in [-0.39, 0.29) is 19.0 Å². The lowest BCUT2D eigenvalue weighted by atomic mass is 10.0. The number of amides is 3. The number of hydrogen-bond donors (Lipinski definition) is 3. The molecule has 0 bridgehead atoms. The predicted molar refractivity (Wildman–Crippen MR) is 82.3 cm³/mol. The number of nitrogens with zero attached hydrogens (tertiary/aromatic N) is 1. The summed E-state index contributed by atoms with van der Waals surface area (Å²) in [4.78, 5) is 22.5. The Morgan fingerprint density at radius 1 is 1.00 bits per heavy atom. The molecule has 0 saturated heterocycles. The average Bonchev–Trinajstić information content (AvgIpc) is 2.55. The highest BCUT2D eigenvalue weighted by atomic mass is 16.5. The van der Waals surface area contributed by atoms with E-state index < -0.39 is 6.03 Å². The van der Waals surface area contributed by atoms with Gasteiger partial charge < -0.3 is 11.1 Å². The van der Waals surface area contributed by atoms with E-state index in [0.29, 0.717) is 10.6 Å². The number of urea groups is 1. The van der Waals surface area contributed by atoms with Gasteiger partial charge in [0.1, 0.15) is 0 Å². The van der Waals surface area contributed by atoms with E-state index in [1.165, 1.54) is 0 Å². The molecule has 0 aliphatic rings. The van der Waals surface area contributed by atoms with E-state index in [1.807, 2.05) is 42.5 Å². The SMILES string of the molecule is NC(=O)N(O)CCNC(=O)c1ccc(-c2ccccc2)cc1. The van der Waals surface area contributed by atoms with E-state index >= 15 is 0 Å². The summed E-state index contributed by atoms with van der Waals surface area (Å²) in [5, 5.41) is 12.0. The largest absolute Gasteiger partial charge is 0.350 e. The van der Waals surface area contributed by atoms with Gasteiger partial charge in [-0.2, -0.15) is 0 Å². The van der Waals surface area contributed by atoms with Crippen LogP contribution in [0.4, 0.5) is 4.79 Å². The maximum atomic E-state index is 11.9. The van der Waals surface area contributed by atoms with Gasteiger partial charge in [-0.3, -0.25) is 10.0 Å². The molecule has 0 saturated carbocycles. The summed E-state index contributed by atoms with van der Waals surface area (Å²) >= 11 is 0. The second-order valence-corrected chi connectivity index (χ2v) is 4.66. The van der Waals surface area contributed by atoms with Crippen molar-refractivity contribution in [3.8, 4) is 11.1 Å². The van der Waals surface area contributed by atoms with Crippen molar-refractivity contribution in [2.75, 3.05) is 13.1 Å². The Hall–Kier alpha value is -2.86. The normalized spacial score (nSPS) is 10.0. The zero-order chi connectivity index (χ0) is 15.9. The number of rotatable bonds is 5. The zero-order valence-corrected chi connectivity index (χ0v) is 11.9. The first-order valence-corrected chi connectivity index (χ1v) is 6.77. The number of benzene rings is 2. The van der Waals surface area contributed by atoms with Gasteiger partial charge in [0.15, 0.2) is 0 Å². The van der Waals surface area contributed by atoms with Gasteiger partial charge in [0.05, 0.1) is 6.54 Å². The molecule has 0 heterocycles. The van der Waals surface area contributed by atoms with Gasteiger partial charge in [-0.05, 0) is 23.3 Å². The Labute approximate surface area is 128 Å². The molecule has 0 radical (unpaired) electrons. The number of carbonyl (C=O) groups excluding carboxylic acids is 2. The summed E-state index contributed by atoms with van der Waals surface area (Å²) in [7, 11) is 0. The summed E-state index contributed by atoms with van der Waals surface area (Å²) < 4.78 is 0. The minimum atomic E-state index is -0.957. The third-order valence-electron chi connectivity index (χ3n) is 3.12.